The molecule has 4 aromatic rings. The summed E-state index contributed by atoms with van der Waals surface area (Å²) in [5.41, 5.74) is 2.31. The molecule has 42 heavy (non-hydrogen) atoms. The molecule has 0 bridgehead atoms. The van der Waals surface area contributed by atoms with Crippen LogP contribution in [0.4, 0.5) is 0 Å². The molecule has 1 heterocycles. The van der Waals surface area contributed by atoms with Crippen molar-refractivity contribution in [3.8, 4) is 23.1 Å². The number of ketones is 1. The number of aromatic hydroxyl groups is 1. The Morgan fingerprint density at radius 1 is 1.05 bits per heavy atom. The lowest BCUT2D eigenvalue weighted by Gasteiger charge is -2.16. The second-order valence-electron chi connectivity index (χ2n) is 10.5. The summed E-state index contributed by atoms with van der Waals surface area (Å²) in [4.78, 5) is 25.0. The molecule has 0 radical (unpaired) electrons. The lowest BCUT2D eigenvalue weighted by Crippen LogP contribution is -2.14. The maximum absolute atomic E-state index is 13.4. The van der Waals surface area contributed by atoms with Gasteiger partial charge in [-0.2, -0.15) is 0 Å². The zero-order chi connectivity index (χ0) is 29.6. The van der Waals surface area contributed by atoms with Crippen molar-refractivity contribution in [1.29, 1.82) is 0 Å². The number of nitrogens with zero attached hydrogens (tertiary/aromatic N) is 1. The molecule has 1 saturated carbocycles. The minimum Gasteiger partial charge on any atom is -0.507 e. The van der Waals surface area contributed by atoms with Crippen LogP contribution in [0.1, 0.15) is 59.7 Å². The van der Waals surface area contributed by atoms with E-state index < -0.39 is 17.7 Å². The van der Waals surface area contributed by atoms with E-state index in [0.29, 0.717) is 39.5 Å². The van der Waals surface area contributed by atoms with Gasteiger partial charge >= 0.3 is 5.97 Å². The number of carbonyl (C=O) groups excluding carboxylic acids is 1. The van der Waals surface area contributed by atoms with Crippen molar-refractivity contribution in [2.45, 2.75) is 51.7 Å². The number of aromatic nitrogens is 1. The third kappa shape index (κ3) is 6.66. The normalized spacial score (nSPS) is 14.1. The molecule has 220 valence electrons. The second-order valence-corrected chi connectivity index (χ2v) is 10.5. The highest BCUT2D eigenvalue weighted by molar-refractivity contribution is 6.11. The summed E-state index contributed by atoms with van der Waals surface area (Å²) >= 11 is 0. The van der Waals surface area contributed by atoms with E-state index in [4.69, 9.17) is 23.5 Å². The van der Waals surface area contributed by atoms with Gasteiger partial charge < -0.3 is 33.7 Å². The van der Waals surface area contributed by atoms with Crippen LogP contribution in [0.5, 0.6) is 23.1 Å². The largest absolute Gasteiger partial charge is 0.507 e. The number of carboxylic acid groups (broad SMARTS) is 1. The van der Waals surface area contributed by atoms with Crippen molar-refractivity contribution in [2.24, 2.45) is 5.92 Å². The predicted octanol–water partition coefficient (Wildman–Crippen LogP) is 5.91. The van der Waals surface area contributed by atoms with Crippen LogP contribution in [0.2, 0.25) is 0 Å². The lowest BCUT2D eigenvalue weighted by molar-refractivity contribution is -0.141. The SMILES string of the molecule is COCOc1noc2cc(COc3ccc(C(=O)c4ccc(OC5CCCC5)cc4O)cc3CC(C)C(=O)O)ccc12. The molecular weight excluding hydrogens is 542 g/mol. The summed E-state index contributed by atoms with van der Waals surface area (Å²) in [7, 11) is 1.51. The molecule has 1 aliphatic carbocycles. The van der Waals surface area contributed by atoms with E-state index in [1.807, 2.05) is 6.07 Å². The summed E-state index contributed by atoms with van der Waals surface area (Å²) in [6.45, 7) is 1.80. The van der Waals surface area contributed by atoms with Gasteiger partial charge in [-0.05, 0) is 90.9 Å². The van der Waals surface area contributed by atoms with Crippen LogP contribution >= 0.6 is 0 Å². The number of carboxylic acids is 1. The van der Waals surface area contributed by atoms with Gasteiger partial charge in [-0.25, -0.2) is 0 Å². The van der Waals surface area contributed by atoms with Crippen LogP contribution in [0, 0.1) is 5.92 Å². The molecule has 1 atom stereocenters. The Hall–Kier alpha value is -4.57. The topological polar surface area (TPSA) is 138 Å². The van der Waals surface area contributed by atoms with Crippen LogP contribution in [0.3, 0.4) is 0 Å². The van der Waals surface area contributed by atoms with Crippen LogP contribution in [-0.4, -0.2) is 47.1 Å². The van der Waals surface area contributed by atoms with E-state index in [1.54, 1.807) is 49.4 Å². The molecule has 0 saturated heterocycles. The van der Waals surface area contributed by atoms with Crippen molar-refractivity contribution >= 4 is 22.7 Å². The Kier molecular flexibility index (Phi) is 8.92. The van der Waals surface area contributed by atoms with E-state index in [0.717, 1.165) is 31.2 Å². The Bertz CT molecular complexity index is 1570. The van der Waals surface area contributed by atoms with E-state index in [-0.39, 0.29) is 37.2 Å². The molecule has 0 amide bonds. The first-order valence-electron chi connectivity index (χ1n) is 13.9. The number of carbonyl (C=O) groups is 2. The molecule has 3 aromatic carbocycles. The molecular formula is C32H33NO9. The average molecular weight is 576 g/mol. The third-order valence-corrected chi connectivity index (χ3v) is 7.30. The van der Waals surface area contributed by atoms with Gasteiger partial charge in [-0.3, -0.25) is 9.59 Å². The maximum Gasteiger partial charge on any atom is 0.306 e. The minimum absolute atomic E-state index is 0.0439. The summed E-state index contributed by atoms with van der Waals surface area (Å²) in [5, 5.41) is 24.8. The van der Waals surface area contributed by atoms with Crippen molar-refractivity contribution < 1.29 is 43.3 Å². The quantitative estimate of drug-likeness (QED) is 0.146. The summed E-state index contributed by atoms with van der Waals surface area (Å²) in [5.74, 6) is -0.937. The number of benzene rings is 3. The van der Waals surface area contributed by atoms with E-state index >= 15 is 0 Å². The predicted molar refractivity (Wildman–Crippen MR) is 152 cm³/mol. The number of phenols is 1. The molecule has 1 fully saturated rings. The summed E-state index contributed by atoms with van der Waals surface area (Å²) < 4.78 is 27.7. The fourth-order valence-corrected chi connectivity index (χ4v) is 5.00. The molecule has 1 aliphatic rings. The maximum atomic E-state index is 13.4. The second kappa shape index (κ2) is 12.9. The molecule has 10 nitrogen and oxygen atoms in total. The number of rotatable bonds is 13. The van der Waals surface area contributed by atoms with Gasteiger partial charge in [0, 0.05) is 18.7 Å². The van der Waals surface area contributed by atoms with Crippen molar-refractivity contribution in [3.05, 3.63) is 76.9 Å². The number of phenolic OH excluding ortho intramolecular Hbond substituents is 1. The fourth-order valence-electron chi connectivity index (χ4n) is 5.00. The van der Waals surface area contributed by atoms with Gasteiger partial charge in [-0.15, -0.1) is 0 Å². The zero-order valence-electron chi connectivity index (χ0n) is 23.5. The van der Waals surface area contributed by atoms with Gasteiger partial charge in [-0.1, -0.05) is 13.0 Å². The van der Waals surface area contributed by atoms with Crippen molar-refractivity contribution in [1.82, 2.24) is 5.16 Å². The first kappa shape index (κ1) is 28.9. The van der Waals surface area contributed by atoms with Gasteiger partial charge in [0.1, 0.15) is 23.9 Å². The lowest BCUT2D eigenvalue weighted by atomic mass is 9.95. The minimum atomic E-state index is -0.963. The standard InChI is InChI=1S/C32H33NO9/c1-19(32(36)37)13-22-15-21(30(35)25-11-9-24(16-27(25)34)41-23-5-3-4-6-23)8-12-28(22)39-17-20-7-10-26-29(14-20)42-33-31(26)40-18-38-2/h7-12,14-16,19,23,34H,3-6,13,17-18H2,1-2H3,(H,36,37). The number of ether oxygens (including phenoxy) is 4. The highest BCUT2D eigenvalue weighted by atomic mass is 16.7. The highest BCUT2D eigenvalue weighted by Crippen LogP contribution is 2.32. The number of hydrogen-bond donors (Lipinski definition) is 2. The fraction of sp³-hybridized carbons (Fsp3) is 0.344. The van der Waals surface area contributed by atoms with Gasteiger partial charge in [0.15, 0.2) is 18.2 Å². The molecule has 2 N–H and O–H groups in total. The summed E-state index contributed by atoms with van der Waals surface area (Å²) in [6, 6.07) is 15.0. The molecule has 0 spiro atoms. The Morgan fingerprint density at radius 2 is 1.86 bits per heavy atom. The van der Waals surface area contributed by atoms with Crippen LogP contribution in [0.15, 0.2) is 59.1 Å². The monoisotopic (exact) mass is 575 g/mol. The van der Waals surface area contributed by atoms with Crippen LogP contribution < -0.4 is 14.2 Å². The van der Waals surface area contributed by atoms with Crippen molar-refractivity contribution in [2.75, 3.05) is 13.9 Å². The molecule has 10 heteroatoms. The van der Waals surface area contributed by atoms with Crippen LogP contribution in [0.25, 0.3) is 11.0 Å². The first-order valence-corrected chi connectivity index (χ1v) is 13.9. The third-order valence-electron chi connectivity index (χ3n) is 7.30. The van der Waals surface area contributed by atoms with E-state index in [1.165, 1.54) is 13.2 Å². The molecule has 1 aromatic heterocycles. The van der Waals surface area contributed by atoms with E-state index in [9.17, 15) is 19.8 Å². The number of methoxy groups -OCH3 is 1. The van der Waals surface area contributed by atoms with Gasteiger partial charge in [0.05, 0.1) is 23.0 Å². The number of aliphatic carboxylic acids is 1. The smallest absolute Gasteiger partial charge is 0.306 e. The number of fused-ring (bicyclic) bond motifs is 1. The Morgan fingerprint density at radius 3 is 2.60 bits per heavy atom. The van der Waals surface area contributed by atoms with Gasteiger partial charge in [0.25, 0.3) is 5.88 Å². The van der Waals surface area contributed by atoms with Crippen LogP contribution in [-0.2, 0) is 22.6 Å². The highest BCUT2D eigenvalue weighted by Gasteiger charge is 2.21. The zero-order valence-corrected chi connectivity index (χ0v) is 23.5. The molecule has 1 unspecified atom stereocenters. The van der Waals surface area contributed by atoms with Crippen molar-refractivity contribution in [3.63, 3.8) is 0 Å². The Labute approximate surface area is 242 Å². The average Bonchev–Trinajstić information content (AvgIpc) is 3.64. The van der Waals surface area contributed by atoms with E-state index in [2.05, 4.69) is 5.16 Å². The molecule has 0 aliphatic heterocycles. The Balaban J connectivity index is 1.34. The number of hydrogen-bond acceptors (Lipinski definition) is 9. The molecule has 5 rings (SSSR count). The van der Waals surface area contributed by atoms with Gasteiger partial charge in [0.2, 0.25) is 0 Å². The summed E-state index contributed by atoms with van der Waals surface area (Å²) in [6.07, 6.45) is 4.48. The first-order chi connectivity index (χ1) is 20.3.